The van der Waals surface area contributed by atoms with E-state index in [0.717, 1.165) is 28.7 Å². The third kappa shape index (κ3) is 3.24. The number of benzene rings is 2. The van der Waals surface area contributed by atoms with Gasteiger partial charge in [0, 0.05) is 23.1 Å². The molecule has 0 aliphatic heterocycles. The van der Waals surface area contributed by atoms with Crippen LogP contribution in [0, 0.1) is 12.8 Å². The van der Waals surface area contributed by atoms with E-state index < -0.39 is 0 Å². The van der Waals surface area contributed by atoms with E-state index in [1.165, 1.54) is 0 Å². The first-order valence-corrected chi connectivity index (χ1v) is 9.17. The zero-order valence-corrected chi connectivity index (χ0v) is 15.5. The number of esters is 1. The highest BCUT2D eigenvalue weighted by Crippen LogP contribution is 2.39. The fourth-order valence-corrected chi connectivity index (χ4v) is 3.47. The second kappa shape index (κ2) is 7.32. The van der Waals surface area contributed by atoms with Gasteiger partial charge in [0.25, 0.3) is 0 Å². The smallest absolute Gasteiger partial charge is 0.314 e. The van der Waals surface area contributed by atoms with Crippen LogP contribution in [0.3, 0.4) is 0 Å². The van der Waals surface area contributed by atoms with Crippen LogP contribution in [-0.4, -0.2) is 16.9 Å². The second-order valence-electron chi connectivity index (χ2n) is 6.82. The molecule has 0 unspecified atom stereocenters. The Balaban J connectivity index is 2.04. The molecule has 0 aromatic heterocycles. The zero-order valence-electron chi connectivity index (χ0n) is 15.5. The summed E-state index contributed by atoms with van der Waals surface area (Å²) in [5, 5.41) is 10.1. The van der Waals surface area contributed by atoms with Gasteiger partial charge in [-0.2, -0.15) is 0 Å². The maximum atomic E-state index is 12.5. The molecule has 1 aliphatic carbocycles. The van der Waals surface area contributed by atoms with Crippen molar-refractivity contribution in [1.29, 1.82) is 0 Å². The normalized spacial score (nSPS) is 13.2. The van der Waals surface area contributed by atoms with Gasteiger partial charge >= 0.3 is 5.97 Å². The maximum Gasteiger partial charge on any atom is 0.314 e. The lowest BCUT2D eigenvalue weighted by Gasteiger charge is -2.17. The predicted molar refractivity (Wildman–Crippen MR) is 101 cm³/mol. The molecule has 1 aliphatic rings. The Bertz CT molecular complexity index is 863. The Morgan fingerprint density at radius 3 is 2.50 bits per heavy atom. The second-order valence-corrected chi connectivity index (χ2v) is 6.82. The van der Waals surface area contributed by atoms with Crippen molar-refractivity contribution in [1.82, 2.24) is 0 Å². The summed E-state index contributed by atoms with van der Waals surface area (Å²) in [6.45, 7) is 5.66. The van der Waals surface area contributed by atoms with Crippen LogP contribution >= 0.6 is 0 Å². The first-order chi connectivity index (χ1) is 12.5. The van der Waals surface area contributed by atoms with Crippen LogP contribution in [0.25, 0.3) is 11.1 Å². The number of hydrogen-bond acceptors (Lipinski definition) is 4. The van der Waals surface area contributed by atoms with Crippen molar-refractivity contribution in [2.45, 2.75) is 46.5 Å². The molecule has 4 nitrogen and oxygen atoms in total. The number of carbonyl (C=O) groups is 2. The number of hydrogen-bond donors (Lipinski definition) is 1. The summed E-state index contributed by atoms with van der Waals surface area (Å²) in [7, 11) is 0. The van der Waals surface area contributed by atoms with E-state index in [4.69, 9.17) is 4.74 Å². The first kappa shape index (κ1) is 18.2. The molecular weight excluding hydrogens is 328 g/mol. The Labute approximate surface area is 153 Å². The zero-order chi connectivity index (χ0) is 18.8. The SMILES string of the molecule is CCC(CC)C(=O)Oc1c(-c2ccc3c(c2)CCC3=O)ccc(O)c1C. The van der Waals surface area contributed by atoms with Crippen LogP contribution in [0.2, 0.25) is 0 Å². The summed E-state index contributed by atoms with van der Waals surface area (Å²) in [6.07, 6.45) is 2.71. The standard InChI is InChI=1S/C22H24O4/c1-4-14(5-2)22(25)26-21-13(3)19(23)11-9-18(21)16-6-8-17-15(12-16)7-10-20(17)24/h6,8-9,11-12,14,23H,4-5,7,10H2,1-3H3. The summed E-state index contributed by atoms with van der Waals surface area (Å²) in [5.74, 6) is 0.223. The van der Waals surface area contributed by atoms with Gasteiger partial charge in [-0.1, -0.05) is 32.0 Å². The summed E-state index contributed by atoms with van der Waals surface area (Å²) >= 11 is 0. The van der Waals surface area contributed by atoms with Gasteiger partial charge in [-0.25, -0.2) is 0 Å². The monoisotopic (exact) mass is 352 g/mol. The highest BCUT2D eigenvalue weighted by molar-refractivity contribution is 6.01. The van der Waals surface area contributed by atoms with Crippen LogP contribution in [0.1, 0.15) is 54.6 Å². The number of phenols is 1. The molecule has 3 rings (SSSR count). The predicted octanol–water partition coefficient (Wildman–Crippen LogP) is 4.84. The number of phenolic OH excluding ortho intramolecular Hbond substituents is 1. The topological polar surface area (TPSA) is 63.6 Å². The fraction of sp³-hybridized carbons (Fsp3) is 0.364. The van der Waals surface area contributed by atoms with Crippen molar-refractivity contribution in [2.75, 3.05) is 0 Å². The van der Waals surface area contributed by atoms with Gasteiger partial charge in [0.2, 0.25) is 0 Å². The van der Waals surface area contributed by atoms with Crippen molar-refractivity contribution in [2.24, 2.45) is 5.92 Å². The molecule has 0 amide bonds. The minimum absolute atomic E-state index is 0.0948. The van der Waals surface area contributed by atoms with E-state index in [-0.39, 0.29) is 23.4 Å². The van der Waals surface area contributed by atoms with Crippen LogP contribution in [0.4, 0.5) is 0 Å². The third-order valence-corrected chi connectivity index (χ3v) is 5.24. The average Bonchev–Trinajstić information content (AvgIpc) is 3.00. The molecule has 4 heteroatoms. The molecule has 0 atom stereocenters. The maximum absolute atomic E-state index is 12.5. The summed E-state index contributed by atoms with van der Waals surface area (Å²) in [5.41, 5.74) is 3.98. The van der Waals surface area contributed by atoms with E-state index in [2.05, 4.69) is 0 Å². The van der Waals surface area contributed by atoms with Crippen molar-refractivity contribution >= 4 is 11.8 Å². The molecule has 2 aromatic rings. The lowest BCUT2D eigenvalue weighted by atomic mass is 9.97. The van der Waals surface area contributed by atoms with E-state index >= 15 is 0 Å². The molecule has 2 aromatic carbocycles. The molecule has 136 valence electrons. The molecule has 1 N–H and O–H groups in total. The lowest BCUT2D eigenvalue weighted by Crippen LogP contribution is -2.20. The lowest BCUT2D eigenvalue weighted by molar-refractivity contribution is -0.139. The fourth-order valence-electron chi connectivity index (χ4n) is 3.47. The van der Waals surface area contributed by atoms with Crippen LogP contribution in [0.15, 0.2) is 30.3 Å². The highest BCUT2D eigenvalue weighted by Gasteiger charge is 2.23. The minimum Gasteiger partial charge on any atom is -0.508 e. The van der Waals surface area contributed by atoms with Gasteiger partial charge in [-0.15, -0.1) is 0 Å². The Hall–Kier alpha value is -2.62. The van der Waals surface area contributed by atoms with Crippen LogP contribution in [0.5, 0.6) is 11.5 Å². The Kier molecular flexibility index (Phi) is 5.12. The average molecular weight is 352 g/mol. The van der Waals surface area contributed by atoms with E-state index in [0.29, 0.717) is 30.6 Å². The number of aromatic hydroxyl groups is 1. The number of carbonyl (C=O) groups excluding carboxylic acids is 2. The molecule has 0 saturated carbocycles. The molecule has 0 bridgehead atoms. The number of ether oxygens (including phenoxy) is 1. The molecule has 0 radical (unpaired) electrons. The van der Waals surface area contributed by atoms with Crippen LogP contribution in [-0.2, 0) is 11.2 Å². The molecule has 0 heterocycles. The van der Waals surface area contributed by atoms with E-state index in [1.54, 1.807) is 19.1 Å². The molecular formula is C22H24O4. The van der Waals surface area contributed by atoms with Gasteiger partial charge in [-0.05, 0) is 49.4 Å². The van der Waals surface area contributed by atoms with Gasteiger partial charge < -0.3 is 9.84 Å². The molecule has 0 spiro atoms. The van der Waals surface area contributed by atoms with Gasteiger partial charge in [0.15, 0.2) is 5.78 Å². The van der Waals surface area contributed by atoms with Gasteiger partial charge in [0.05, 0.1) is 5.92 Å². The summed E-state index contributed by atoms with van der Waals surface area (Å²) in [6, 6.07) is 9.07. The molecule has 0 saturated heterocycles. The van der Waals surface area contributed by atoms with Gasteiger partial charge in [-0.3, -0.25) is 9.59 Å². The highest BCUT2D eigenvalue weighted by atomic mass is 16.5. The minimum atomic E-state index is -0.277. The molecule has 0 fully saturated rings. The summed E-state index contributed by atoms with van der Waals surface area (Å²) in [4.78, 5) is 24.4. The van der Waals surface area contributed by atoms with Crippen molar-refractivity contribution in [3.05, 3.63) is 47.0 Å². The Morgan fingerprint density at radius 2 is 1.81 bits per heavy atom. The number of Topliss-reactive ketones (excluding diaryl/α,β-unsaturated/α-hetero) is 1. The molecule has 26 heavy (non-hydrogen) atoms. The van der Waals surface area contributed by atoms with Crippen molar-refractivity contribution in [3.63, 3.8) is 0 Å². The quantitative estimate of drug-likeness (QED) is 0.618. The van der Waals surface area contributed by atoms with Crippen LogP contribution < -0.4 is 4.74 Å². The van der Waals surface area contributed by atoms with E-state index in [1.807, 2.05) is 32.0 Å². The Morgan fingerprint density at radius 1 is 1.12 bits per heavy atom. The first-order valence-electron chi connectivity index (χ1n) is 9.17. The number of ketones is 1. The largest absolute Gasteiger partial charge is 0.508 e. The summed E-state index contributed by atoms with van der Waals surface area (Å²) < 4.78 is 5.73. The van der Waals surface area contributed by atoms with Crippen molar-refractivity contribution < 1.29 is 19.4 Å². The van der Waals surface area contributed by atoms with E-state index in [9.17, 15) is 14.7 Å². The number of aryl methyl sites for hydroxylation is 1. The van der Waals surface area contributed by atoms with Crippen molar-refractivity contribution in [3.8, 4) is 22.6 Å². The van der Waals surface area contributed by atoms with Gasteiger partial charge in [0.1, 0.15) is 11.5 Å². The number of rotatable bonds is 5. The third-order valence-electron chi connectivity index (χ3n) is 5.24. The number of fused-ring (bicyclic) bond motifs is 1.